The molecular weight excluding hydrogens is 564 g/mol. The Morgan fingerprint density at radius 2 is 1.75 bits per heavy atom. The number of anilines is 1. The number of likely N-dealkylation sites (tertiary alicyclic amines) is 1. The molecule has 6 rings (SSSR count). The summed E-state index contributed by atoms with van der Waals surface area (Å²) in [5.41, 5.74) is 4.37. The zero-order chi connectivity index (χ0) is 31.5. The van der Waals surface area contributed by atoms with Gasteiger partial charge in [0.05, 0.1) is 11.6 Å². The van der Waals surface area contributed by atoms with Crippen LogP contribution in [0.4, 0.5) is 5.69 Å². The predicted octanol–water partition coefficient (Wildman–Crippen LogP) is 2.20. The zero-order valence-corrected chi connectivity index (χ0v) is 24.8. The van der Waals surface area contributed by atoms with Crippen LogP contribution in [0.3, 0.4) is 0 Å². The number of amides is 1. The molecule has 11 heteroatoms. The molecule has 0 spiro atoms. The van der Waals surface area contributed by atoms with E-state index in [1.165, 1.54) is 11.6 Å². The van der Waals surface area contributed by atoms with Crippen molar-refractivity contribution < 1.29 is 34.8 Å². The van der Waals surface area contributed by atoms with Gasteiger partial charge in [-0.1, -0.05) is 30.3 Å². The number of hydrogen-bond acceptors (Lipinski definition) is 10. The number of benzene rings is 2. The van der Waals surface area contributed by atoms with E-state index in [0.29, 0.717) is 5.56 Å². The summed E-state index contributed by atoms with van der Waals surface area (Å²) in [5, 5.41) is 48.6. The van der Waals surface area contributed by atoms with E-state index in [-0.39, 0.29) is 35.8 Å². The molecule has 44 heavy (non-hydrogen) atoms. The first-order chi connectivity index (χ1) is 20.9. The maximum absolute atomic E-state index is 14.0. The van der Waals surface area contributed by atoms with Crippen molar-refractivity contribution in [2.45, 2.75) is 49.9 Å². The van der Waals surface area contributed by atoms with Crippen molar-refractivity contribution in [2.75, 3.05) is 32.5 Å². The second kappa shape index (κ2) is 11.1. The number of primary amides is 1. The number of carbonyl (C=O) groups excluding carboxylic acids is 3. The number of rotatable bonds is 6. The molecule has 2 aromatic rings. The van der Waals surface area contributed by atoms with Gasteiger partial charge in [0.1, 0.15) is 22.8 Å². The maximum atomic E-state index is 14.0. The Bertz CT molecular complexity index is 1590. The summed E-state index contributed by atoms with van der Waals surface area (Å²) in [4.78, 5) is 43.5. The van der Waals surface area contributed by atoms with Crippen molar-refractivity contribution in [3.63, 3.8) is 0 Å². The average molecular weight is 603 g/mol. The van der Waals surface area contributed by atoms with E-state index in [0.717, 1.165) is 38.2 Å². The minimum Gasteiger partial charge on any atom is -0.510 e. The van der Waals surface area contributed by atoms with Crippen LogP contribution in [0.15, 0.2) is 65.1 Å². The predicted molar refractivity (Wildman–Crippen MR) is 162 cm³/mol. The number of Topliss-reactive ketones (excluding diaryl/α,β-unsaturated/α-hetero) is 2. The fourth-order valence-corrected chi connectivity index (χ4v) is 7.68. The van der Waals surface area contributed by atoms with Crippen LogP contribution in [-0.2, 0) is 22.6 Å². The quantitative estimate of drug-likeness (QED) is 0.212. The third kappa shape index (κ3) is 4.66. The highest BCUT2D eigenvalue weighted by atomic mass is 16.3. The summed E-state index contributed by atoms with van der Waals surface area (Å²) in [6, 6.07) is 12.6. The van der Waals surface area contributed by atoms with Gasteiger partial charge in [-0.05, 0) is 69.0 Å². The van der Waals surface area contributed by atoms with Crippen molar-refractivity contribution in [2.24, 2.45) is 17.6 Å². The molecule has 0 bridgehead atoms. The Hall–Kier alpha value is -4.19. The highest BCUT2D eigenvalue weighted by Crippen LogP contribution is 2.53. The van der Waals surface area contributed by atoms with Gasteiger partial charge >= 0.3 is 0 Å². The van der Waals surface area contributed by atoms with Gasteiger partial charge in [0, 0.05) is 42.9 Å². The largest absolute Gasteiger partial charge is 0.510 e. The number of phenolic OH excluding ortho intramolecular Hbond substituents is 1. The Labute approximate surface area is 255 Å². The summed E-state index contributed by atoms with van der Waals surface area (Å²) in [6.07, 6.45) is 2.08. The number of aromatic hydroxyl groups is 1. The molecule has 1 heterocycles. The molecule has 11 nitrogen and oxygen atoms in total. The second-order valence-corrected chi connectivity index (χ2v) is 12.6. The molecule has 3 aliphatic carbocycles. The molecule has 0 aromatic heterocycles. The van der Waals surface area contributed by atoms with Gasteiger partial charge in [-0.3, -0.25) is 24.2 Å². The number of allylic oxidation sites excluding steroid dienone is 1. The number of hydrogen-bond donors (Lipinski definition) is 6. The van der Waals surface area contributed by atoms with Crippen molar-refractivity contribution in [3.05, 3.63) is 81.8 Å². The summed E-state index contributed by atoms with van der Waals surface area (Å²) < 4.78 is 0. The Balaban J connectivity index is 1.30. The van der Waals surface area contributed by atoms with Crippen LogP contribution in [0.25, 0.3) is 0 Å². The summed E-state index contributed by atoms with van der Waals surface area (Å²) in [6.45, 7) is 2.69. The van der Waals surface area contributed by atoms with E-state index in [4.69, 9.17) is 5.73 Å². The molecule has 232 valence electrons. The summed E-state index contributed by atoms with van der Waals surface area (Å²) in [5.74, 6) is -6.56. The summed E-state index contributed by atoms with van der Waals surface area (Å²) >= 11 is 0. The van der Waals surface area contributed by atoms with Gasteiger partial charge in [-0.2, -0.15) is 0 Å². The Morgan fingerprint density at radius 1 is 1.07 bits per heavy atom. The first-order valence-electron chi connectivity index (χ1n) is 15.0. The molecule has 4 aliphatic rings. The summed E-state index contributed by atoms with van der Waals surface area (Å²) in [7, 11) is 3.22. The average Bonchev–Trinajstić information content (AvgIpc) is 2.97. The van der Waals surface area contributed by atoms with Crippen LogP contribution in [0, 0.1) is 11.8 Å². The molecule has 7 N–H and O–H groups in total. The standard InChI is InChI=1S/C33H38N4O7/c1-36(2)27-21-15-18-14-20-22(35-19-10-12-37(13-11-19)16-17-6-4-3-5-7-17)8-9-23(38)25(20)28(39)24(18)30(41)33(21,44)31(42)26(29(27)40)32(34)43/h3-9,18-19,21,27,35,38,40-41,44H,10-16H2,1-2H3,(H2,34,43)/t18-,21-,27-,33-/m0/s1. The number of aliphatic hydroxyl groups excluding tert-OH is 2. The van der Waals surface area contributed by atoms with Gasteiger partial charge in [-0.25, -0.2) is 0 Å². The highest BCUT2D eigenvalue weighted by Gasteiger charge is 2.63. The van der Waals surface area contributed by atoms with E-state index in [1.807, 2.05) is 18.2 Å². The lowest BCUT2D eigenvalue weighted by atomic mass is 9.58. The molecule has 4 atom stereocenters. The molecule has 0 unspecified atom stereocenters. The monoisotopic (exact) mass is 602 g/mol. The molecule has 0 radical (unpaired) electrons. The van der Waals surface area contributed by atoms with Crippen LogP contribution < -0.4 is 11.1 Å². The first kappa shape index (κ1) is 29.9. The molecule has 0 saturated carbocycles. The van der Waals surface area contributed by atoms with E-state index in [1.54, 1.807) is 25.1 Å². The fraction of sp³-hybridized carbons (Fsp3) is 0.424. The lowest BCUT2D eigenvalue weighted by molar-refractivity contribution is -0.148. The van der Waals surface area contributed by atoms with Crippen molar-refractivity contribution in [3.8, 4) is 5.75 Å². The molecular formula is C33H38N4O7. The van der Waals surface area contributed by atoms with Crippen LogP contribution >= 0.6 is 0 Å². The van der Waals surface area contributed by atoms with E-state index in [9.17, 15) is 34.8 Å². The lowest BCUT2D eigenvalue weighted by Crippen LogP contribution is -2.63. The third-order valence-electron chi connectivity index (χ3n) is 9.80. The Kier molecular flexibility index (Phi) is 7.51. The van der Waals surface area contributed by atoms with E-state index < -0.39 is 58.0 Å². The van der Waals surface area contributed by atoms with E-state index in [2.05, 4.69) is 22.3 Å². The van der Waals surface area contributed by atoms with Gasteiger partial charge in [0.15, 0.2) is 11.4 Å². The highest BCUT2D eigenvalue weighted by molar-refractivity contribution is 6.24. The van der Waals surface area contributed by atoms with Crippen LogP contribution in [0.2, 0.25) is 0 Å². The van der Waals surface area contributed by atoms with Gasteiger partial charge in [0.25, 0.3) is 5.91 Å². The van der Waals surface area contributed by atoms with Crippen LogP contribution in [-0.4, -0.2) is 92.6 Å². The number of nitrogens with two attached hydrogens (primary N) is 1. The number of fused-ring (bicyclic) bond motifs is 3. The van der Waals surface area contributed by atoms with Gasteiger partial charge in [0.2, 0.25) is 5.78 Å². The first-order valence-corrected chi connectivity index (χ1v) is 15.0. The zero-order valence-electron chi connectivity index (χ0n) is 24.8. The van der Waals surface area contributed by atoms with Crippen molar-refractivity contribution in [1.29, 1.82) is 0 Å². The minimum atomic E-state index is -2.65. The number of phenols is 1. The fourth-order valence-electron chi connectivity index (χ4n) is 7.68. The van der Waals surface area contributed by atoms with E-state index >= 15 is 0 Å². The number of piperidine rings is 1. The number of nitrogens with one attached hydrogen (secondary N) is 1. The Morgan fingerprint density at radius 3 is 2.39 bits per heavy atom. The third-order valence-corrected chi connectivity index (χ3v) is 9.80. The van der Waals surface area contributed by atoms with Crippen molar-refractivity contribution >= 4 is 23.2 Å². The minimum absolute atomic E-state index is 0.0114. The molecule has 2 aromatic carbocycles. The lowest BCUT2D eigenvalue weighted by Gasteiger charge is -2.50. The SMILES string of the molecule is CN(C)[C@@H]1C(O)=C(C(N)=O)C(=O)[C@@]2(O)C(O)=C3C(=O)c4c(O)ccc(NC5CCN(Cc6ccccc6)CC5)c4C[C@H]3C[C@@H]12. The number of nitrogens with zero attached hydrogens (tertiary/aromatic N) is 2. The maximum Gasteiger partial charge on any atom is 0.255 e. The molecule has 1 amide bonds. The van der Waals surface area contributed by atoms with Crippen LogP contribution in [0.5, 0.6) is 5.75 Å². The number of likely N-dealkylation sites (N-methyl/N-ethyl adjacent to an activating group) is 1. The number of ketones is 2. The number of carbonyl (C=O) groups is 3. The molecule has 1 aliphatic heterocycles. The molecule has 1 saturated heterocycles. The second-order valence-electron chi connectivity index (χ2n) is 12.6. The normalized spacial score (nSPS) is 27.7. The van der Waals surface area contributed by atoms with Crippen LogP contribution in [0.1, 0.15) is 40.7 Å². The van der Waals surface area contributed by atoms with Gasteiger partial charge < -0.3 is 31.5 Å². The number of aliphatic hydroxyl groups is 3. The molecule has 1 fully saturated rings. The smallest absolute Gasteiger partial charge is 0.255 e. The van der Waals surface area contributed by atoms with Crippen molar-refractivity contribution in [1.82, 2.24) is 9.80 Å². The van der Waals surface area contributed by atoms with Gasteiger partial charge in [-0.15, -0.1) is 0 Å². The topological polar surface area (TPSA) is 177 Å².